The predicted molar refractivity (Wildman–Crippen MR) is 122 cm³/mol. The van der Waals surface area contributed by atoms with Crippen molar-refractivity contribution in [2.24, 2.45) is 4.99 Å². The standard InChI is InChI=1S/C23H23ClN4O3/c1-15-6-7-18(11-21(15)24)27-23(26-14-16-5-4-8-25-13-16)28-22(29)17-9-19(30-2)12-20(10-17)31-3/h4-13H,14H2,1-3H3,(H2,26,27,28,29). The van der Waals surface area contributed by atoms with E-state index < -0.39 is 0 Å². The molecule has 3 aromatic rings. The van der Waals surface area contributed by atoms with E-state index in [-0.39, 0.29) is 11.9 Å². The zero-order chi connectivity index (χ0) is 22.2. The number of nitrogens with zero attached hydrogens (tertiary/aromatic N) is 2. The van der Waals surface area contributed by atoms with E-state index in [0.29, 0.717) is 34.3 Å². The second-order valence-electron chi connectivity index (χ2n) is 6.67. The number of carbonyl (C=O) groups is 1. The smallest absolute Gasteiger partial charge is 0.258 e. The van der Waals surface area contributed by atoms with E-state index >= 15 is 0 Å². The molecule has 160 valence electrons. The molecule has 8 heteroatoms. The van der Waals surface area contributed by atoms with Crippen LogP contribution in [0, 0.1) is 6.92 Å². The summed E-state index contributed by atoms with van der Waals surface area (Å²) in [6, 6.07) is 14.2. The van der Waals surface area contributed by atoms with E-state index in [0.717, 1.165) is 11.1 Å². The summed E-state index contributed by atoms with van der Waals surface area (Å²) in [5.41, 5.74) is 2.92. The van der Waals surface area contributed by atoms with Gasteiger partial charge in [-0.1, -0.05) is 23.7 Å². The van der Waals surface area contributed by atoms with Crippen molar-refractivity contribution < 1.29 is 14.3 Å². The third-order valence-corrected chi connectivity index (χ3v) is 4.83. The van der Waals surface area contributed by atoms with Crippen molar-refractivity contribution in [1.82, 2.24) is 10.3 Å². The summed E-state index contributed by atoms with van der Waals surface area (Å²) in [4.78, 5) is 21.5. The zero-order valence-electron chi connectivity index (χ0n) is 17.5. The van der Waals surface area contributed by atoms with Gasteiger partial charge in [-0.05, 0) is 48.4 Å². The van der Waals surface area contributed by atoms with Gasteiger partial charge in [-0.3, -0.25) is 15.1 Å². The van der Waals surface area contributed by atoms with Crippen molar-refractivity contribution in [2.45, 2.75) is 13.5 Å². The van der Waals surface area contributed by atoms with Crippen LogP contribution >= 0.6 is 11.6 Å². The highest BCUT2D eigenvalue weighted by molar-refractivity contribution is 6.31. The Morgan fingerprint density at radius 2 is 1.84 bits per heavy atom. The van der Waals surface area contributed by atoms with Gasteiger partial charge in [0.25, 0.3) is 5.91 Å². The molecule has 0 saturated carbocycles. The molecule has 7 nitrogen and oxygen atoms in total. The van der Waals surface area contributed by atoms with Crippen LogP contribution in [0.2, 0.25) is 5.02 Å². The van der Waals surface area contributed by atoms with Gasteiger partial charge in [0.15, 0.2) is 0 Å². The molecular weight excluding hydrogens is 416 g/mol. The van der Waals surface area contributed by atoms with Crippen LogP contribution in [0.4, 0.5) is 5.69 Å². The van der Waals surface area contributed by atoms with Gasteiger partial charge < -0.3 is 14.8 Å². The lowest BCUT2D eigenvalue weighted by atomic mass is 10.2. The Morgan fingerprint density at radius 1 is 1.10 bits per heavy atom. The van der Waals surface area contributed by atoms with E-state index in [1.54, 1.807) is 36.7 Å². The van der Waals surface area contributed by atoms with E-state index in [2.05, 4.69) is 20.6 Å². The Morgan fingerprint density at radius 3 is 2.45 bits per heavy atom. The summed E-state index contributed by atoms with van der Waals surface area (Å²) in [6.07, 6.45) is 3.41. The van der Waals surface area contributed by atoms with Crippen LogP contribution < -0.4 is 20.1 Å². The topological polar surface area (TPSA) is 84.8 Å². The molecule has 1 aromatic heterocycles. The first-order valence-corrected chi connectivity index (χ1v) is 9.87. The normalized spacial score (nSPS) is 11.0. The second kappa shape index (κ2) is 10.4. The number of methoxy groups -OCH3 is 2. The van der Waals surface area contributed by atoms with Crippen molar-refractivity contribution in [2.75, 3.05) is 19.5 Å². The summed E-state index contributed by atoms with van der Waals surface area (Å²) in [6.45, 7) is 2.25. The van der Waals surface area contributed by atoms with Crippen LogP contribution in [0.15, 0.2) is 65.9 Å². The maximum atomic E-state index is 12.9. The maximum Gasteiger partial charge on any atom is 0.258 e. The molecule has 2 N–H and O–H groups in total. The van der Waals surface area contributed by atoms with Gasteiger partial charge in [0, 0.05) is 34.7 Å². The quantitative estimate of drug-likeness (QED) is 0.438. The number of hydrogen-bond donors (Lipinski definition) is 2. The Kier molecular flexibility index (Phi) is 7.45. The number of aliphatic imine (C=N–C) groups is 1. The summed E-state index contributed by atoms with van der Waals surface area (Å²) in [5, 5.41) is 6.55. The van der Waals surface area contributed by atoms with Gasteiger partial charge in [0.2, 0.25) is 5.96 Å². The first-order valence-electron chi connectivity index (χ1n) is 9.49. The van der Waals surface area contributed by atoms with Crippen LogP contribution in [-0.2, 0) is 6.54 Å². The molecular formula is C23H23ClN4O3. The molecule has 0 radical (unpaired) electrons. The molecule has 1 amide bonds. The van der Waals surface area contributed by atoms with Crippen LogP contribution in [0.25, 0.3) is 0 Å². The number of rotatable bonds is 6. The van der Waals surface area contributed by atoms with E-state index in [9.17, 15) is 4.79 Å². The van der Waals surface area contributed by atoms with E-state index in [1.165, 1.54) is 14.2 Å². The first kappa shape index (κ1) is 22.1. The number of benzene rings is 2. The van der Waals surface area contributed by atoms with Crippen molar-refractivity contribution in [3.8, 4) is 11.5 Å². The lowest BCUT2D eigenvalue weighted by Gasteiger charge is -2.14. The molecule has 0 fully saturated rings. The highest BCUT2D eigenvalue weighted by Crippen LogP contribution is 2.23. The van der Waals surface area contributed by atoms with Gasteiger partial charge in [0.1, 0.15) is 11.5 Å². The second-order valence-corrected chi connectivity index (χ2v) is 7.08. The van der Waals surface area contributed by atoms with Crippen molar-refractivity contribution in [1.29, 1.82) is 0 Å². The monoisotopic (exact) mass is 438 g/mol. The third-order valence-electron chi connectivity index (χ3n) is 4.42. The van der Waals surface area contributed by atoms with Gasteiger partial charge in [-0.25, -0.2) is 4.99 Å². The first-order chi connectivity index (χ1) is 15.0. The number of ether oxygens (including phenoxy) is 2. The number of anilines is 1. The molecule has 1 heterocycles. The van der Waals surface area contributed by atoms with Crippen LogP contribution in [0.3, 0.4) is 0 Å². The summed E-state index contributed by atoms with van der Waals surface area (Å²) in [5.74, 6) is 0.927. The Balaban J connectivity index is 1.86. The largest absolute Gasteiger partial charge is 0.497 e. The van der Waals surface area contributed by atoms with Crippen LogP contribution in [0.5, 0.6) is 11.5 Å². The van der Waals surface area contributed by atoms with Crippen molar-refractivity contribution in [3.63, 3.8) is 0 Å². The molecule has 0 aliphatic rings. The highest BCUT2D eigenvalue weighted by atomic mass is 35.5. The molecule has 2 aromatic carbocycles. The molecule has 0 saturated heterocycles. The van der Waals surface area contributed by atoms with E-state index in [4.69, 9.17) is 21.1 Å². The summed E-state index contributed by atoms with van der Waals surface area (Å²) < 4.78 is 10.5. The third kappa shape index (κ3) is 6.20. The molecule has 0 aliphatic carbocycles. The van der Waals surface area contributed by atoms with Crippen LogP contribution in [0.1, 0.15) is 21.5 Å². The van der Waals surface area contributed by atoms with Gasteiger partial charge in [-0.15, -0.1) is 0 Å². The SMILES string of the molecule is COc1cc(OC)cc(C(=O)NC(=NCc2cccnc2)Nc2ccc(C)c(Cl)c2)c1. The number of aryl methyl sites for hydroxylation is 1. The van der Waals surface area contributed by atoms with Gasteiger partial charge >= 0.3 is 0 Å². The number of amides is 1. The average Bonchev–Trinajstić information content (AvgIpc) is 2.80. The number of aromatic nitrogens is 1. The van der Waals surface area contributed by atoms with Crippen molar-refractivity contribution in [3.05, 3.63) is 82.6 Å². The molecule has 0 atom stereocenters. The summed E-state index contributed by atoms with van der Waals surface area (Å²) >= 11 is 6.24. The fourth-order valence-electron chi connectivity index (χ4n) is 2.70. The van der Waals surface area contributed by atoms with Crippen LogP contribution in [-0.4, -0.2) is 31.1 Å². The lowest BCUT2D eigenvalue weighted by molar-refractivity contribution is 0.0976. The zero-order valence-corrected chi connectivity index (χ0v) is 18.2. The number of guanidine groups is 1. The molecule has 3 rings (SSSR count). The minimum absolute atomic E-state index is 0.274. The molecule has 31 heavy (non-hydrogen) atoms. The number of halogens is 1. The Labute approximate surface area is 186 Å². The Hall–Kier alpha value is -3.58. The van der Waals surface area contributed by atoms with Crippen molar-refractivity contribution >= 4 is 29.2 Å². The fourth-order valence-corrected chi connectivity index (χ4v) is 2.88. The van der Waals surface area contributed by atoms with E-state index in [1.807, 2.05) is 31.2 Å². The number of carbonyl (C=O) groups excluding carboxylic acids is 1. The minimum atomic E-state index is -0.368. The Bertz CT molecular complexity index is 1070. The molecule has 0 aliphatic heterocycles. The minimum Gasteiger partial charge on any atom is -0.497 e. The number of hydrogen-bond acceptors (Lipinski definition) is 5. The molecule has 0 unspecified atom stereocenters. The number of pyridine rings is 1. The predicted octanol–water partition coefficient (Wildman–Crippen LogP) is 4.46. The lowest BCUT2D eigenvalue weighted by Crippen LogP contribution is -2.36. The number of nitrogens with one attached hydrogen (secondary N) is 2. The molecule has 0 spiro atoms. The maximum absolute atomic E-state index is 12.9. The fraction of sp³-hybridized carbons (Fsp3) is 0.174. The average molecular weight is 439 g/mol. The summed E-state index contributed by atoms with van der Waals surface area (Å²) in [7, 11) is 3.06. The van der Waals surface area contributed by atoms with Gasteiger partial charge in [0.05, 0.1) is 20.8 Å². The molecule has 0 bridgehead atoms. The highest BCUT2D eigenvalue weighted by Gasteiger charge is 2.13. The van der Waals surface area contributed by atoms with Gasteiger partial charge in [-0.2, -0.15) is 0 Å².